The molecule has 0 aliphatic rings. The van der Waals surface area contributed by atoms with E-state index < -0.39 is 0 Å². The van der Waals surface area contributed by atoms with Crippen LogP contribution in [-0.4, -0.2) is 23.5 Å². The maximum atomic E-state index is 5.89. The quantitative estimate of drug-likeness (QED) is 0.171. The Morgan fingerprint density at radius 3 is 2.22 bits per heavy atom. The number of hydrogen-bond donors (Lipinski definition) is 1. The van der Waals surface area contributed by atoms with Crippen molar-refractivity contribution in [3.05, 3.63) is 126 Å². The molecule has 2 heterocycles. The van der Waals surface area contributed by atoms with Crippen LogP contribution in [0.5, 0.6) is 0 Å². The van der Waals surface area contributed by atoms with Gasteiger partial charge < -0.3 is 0 Å². The van der Waals surface area contributed by atoms with Crippen LogP contribution in [0, 0.1) is 0 Å². The van der Waals surface area contributed by atoms with Crippen LogP contribution in [0.2, 0.25) is 0 Å². The Labute approximate surface area is 225 Å². The molecule has 5 nitrogen and oxygen atoms in total. The zero-order valence-electron chi connectivity index (χ0n) is 19.6. The van der Waals surface area contributed by atoms with Crippen molar-refractivity contribution in [1.82, 2.24) is 14.5 Å². The number of nitrogens with two attached hydrogens (primary N) is 1. The van der Waals surface area contributed by atoms with Gasteiger partial charge in [-0.15, -0.1) is 0 Å². The van der Waals surface area contributed by atoms with Gasteiger partial charge in [-0.2, -0.15) is 0 Å². The van der Waals surface area contributed by atoms with Crippen molar-refractivity contribution in [3.63, 3.8) is 0 Å². The standard InChI is InChI=1S/C29H23N5S.W/c1-34-20-32-29(26(34)19-35-25-15-16-31-27(30)18-25)23-13-8-14-24(17-23)33-28(21-9-4-2-5-10-21)22-11-6-3-7-12-22;/h2-18,20H,1H3,(H2,30,31);. The summed E-state index contributed by atoms with van der Waals surface area (Å²) in [6.07, 6.45) is 3.60. The Hall–Kier alpha value is -3.60. The van der Waals surface area contributed by atoms with Crippen LogP contribution in [0.25, 0.3) is 11.3 Å². The van der Waals surface area contributed by atoms with Crippen LogP contribution in [0.3, 0.4) is 0 Å². The molecule has 0 unspecified atom stereocenters. The Morgan fingerprint density at radius 2 is 1.56 bits per heavy atom. The number of anilines is 1. The second kappa shape index (κ2) is 11.0. The minimum absolute atomic E-state index is 0.520. The molecule has 5 rings (SSSR count). The predicted molar refractivity (Wildman–Crippen MR) is 145 cm³/mol. The molecule has 0 bridgehead atoms. The van der Waals surface area contributed by atoms with Gasteiger partial charge in [-0.3, -0.25) is 0 Å². The van der Waals surface area contributed by atoms with Crippen molar-refractivity contribution in [1.29, 1.82) is 0 Å². The topological polar surface area (TPSA) is 69.1 Å². The fourth-order valence-electron chi connectivity index (χ4n) is 3.87. The Kier molecular flexibility index (Phi) is 7.35. The van der Waals surface area contributed by atoms with E-state index in [-0.39, 0.29) is 0 Å². The molecule has 0 fully saturated rings. The fourth-order valence-corrected chi connectivity index (χ4v) is 6.63. The minimum atomic E-state index is 0.520. The van der Waals surface area contributed by atoms with Gasteiger partial charge in [0.05, 0.1) is 0 Å². The van der Waals surface area contributed by atoms with Crippen molar-refractivity contribution < 1.29 is 19.4 Å². The van der Waals surface area contributed by atoms with E-state index in [1.807, 2.05) is 74.0 Å². The van der Waals surface area contributed by atoms with Gasteiger partial charge in [-0.25, -0.2) is 0 Å². The zero-order valence-corrected chi connectivity index (χ0v) is 23.3. The molecule has 0 aliphatic heterocycles. The summed E-state index contributed by atoms with van der Waals surface area (Å²) in [4.78, 5) is 15.0. The van der Waals surface area contributed by atoms with Crippen LogP contribution in [0.4, 0.5) is 11.5 Å². The SMILES string of the molecule is Cn1cnc(-c2cccc(N=C(c3ccccc3)c3ccccc3)c2)c1[C](=[W])Sc1ccnc(N)c1. The molecule has 0 atom stereocenters. The number of pyridine rings is 1. The van der Waals surface area contributed by atoms with Crippen LogP contribution in [0.15, 0.2) is 119 Å². The van der Waals surface area contributed by atoms with Crippen molar-refractivity contribution in [2.24, 2.45) is 12.0 Å². The molecule has 0 saturated heterocycles. The van der Waals surface area contributed by atoms with E-state index in [1.165, 1.54) is 22.6 Å². The normalized spacial score (nSPS) is 10.7. The van der Waals surface area contributed by atoms with Crippen LogP contribution in [0.1, 0.15) is 16.8 Å². The molecule has 0 spiro atoms. The second-order valence-corrected chi connectivity index (χ2v) is 11.7. The third kappa shape index (κ3) is 5.46. The van der Waals surface area contributed by atoms with E-state index in [4.69, 9.17) is 15.7 Å². The molecule has 2 aromatic heterocycles. The van der Waals surface area contributed by atoms with E-state index in [0.717, 1.165) is 44.4 Å². The Balaban J connectivity index is 1.53. The molecule has 36 heavy (non-hydrogen) atoms. The first-order valence-electron chi connectivity index (χ1n) is 11.3. The number of aryl methyl sites for hydroxylation is 1. The maximum absolute atomic E-state index is 5.89. The summed E-state index contributed by atoms with van der Waals surface area (Å²) < 4.78 is 3.28. The van der Waals surface area contributed by atoms with E-state index in [2.05, 4.69) is 45.9 Å². The van der Waals surface area contributed by atoms with E-state index in [1.54, 1.807) is 18.0 Å². The van der Waals surface area contributed by atoms with Crippen LogP contribution < -0.4 is 5.73 Å². The number of hydrogen-bond acceptors (Lipinski definition) is 5. The predicted octanol–water partition coefficient (Wildman–Crippen LogP) is 6.05. The molecule has 0 radical (unpaired) electrons. The molecular formula is C29H23N5SW. The summed E-state index contributed by atoms with van der Waals surface area (Å²) >= 11 is 3.05. The van der Waals surface area contributed by atoms with Crippen molar-refractivity contribution >= 4 is 32.2 Å². The Morgan fingerprint density at radius 1 is 0.861 bits per heavy atom. The van der Waals surface area contributed by atoms with E-state index in [0.29, 0.717) is 5.82 Å². The molecule has 0 saturated carbocycles. The van der Waals surface area contributed by atoms with Gasteiger partial charge in [0.15, 0.2) is 0 Å². The van der Waals surface area contributed by atoms with Gasteiger partial charge in [0.25, 0.3) is 0 Å². The number of aromatic nitrogens is 3. The summed E-state index contributed by atoms with van der Waals surface area (Å²) in [6.45, 7) is 0. The summed E-state index contributed by atoms with van der Waals surface area (Å²) in [5.74, 6) is 0.520. The van der Waals surface area contributed by atoms with Crippen LogP contribution in [-0.2, 0) is 26.4 Å². The van der Waals surface area contributed by atoms with Gasteiger partial charge in [0, 0.05) is 0 Å². The fraction of sp³-hybridized carbons (Fsp3) is 0.0345. The van der Waals surface area contributed by atoms with Crippen molar-refractivity contribution in [2.75, 3.05) is 5.73 Å². The Bertz CT molecular complexity index is 1500. The number of benzene rings is 3. The molecule has 0 aliphatic carbocycles. The second-order valence-electron chi connectivity index (χ2n) is 8.10. The molecule has 5 aromatic rings. The molecule has 176 valence electrons. The number of thioether (sulfide) groups is 1. The first-order chi connectivity index (χ1) is 17.6. The molecule has 0 amide bonds. The van der Waals surface area contributed by atoms with Gasteiger partial charge in [0.2, 0.25) is 0 Å². The van der Waals surface area contributed by atoms with Crippen molar-refractivity contribution in [2.45, 2.75) is 4.90 Å². The number of rotatable bonds is 7. The number of aliphatic imine (C=N–C) groups is 1. The summed E-state index contributed by atoms with van der Waals surface area (Å²) in [5.41, 5.74) is 12.9. The van der Waals surface area contributed by atoms with Crippen molar-refractivity contribution in [3.8, 4) is 11.3 Å². The summed E-state index contributed by atoms with van der Waals surface area (Å²) in [6, 6.07) is 32.7. The number of nitrogens with zero attached hydrogens (tertiary/aromatic N) is 4. The van der Waals surface area contributed by atoms with Gasteiger partial charge in [-0.1, -0.05) is 0 Å². The first kappa shape index (κ1) is 24.1. The van der Waals surface area contributed by atoms with E-state index >= 15 is 0 Å². The monoisotopic (exact) mass is 657 g/mol. The van der Waals surface area contributed by atoms with Crippen LogP contribution >= 0.6 is 11.8 Å². The molecule has 3 aromatic carbocycles. The third-order valence-corrected chi connectivity index (χ3v) is 8.01. The number of imidazole rings is 1. The van der Waals surface area contributed by atoms with E-state index in [9.17, 15) is 0 Å². The first-order valence-corrected chi connectivity index (χ1v) is 13.6. The third-order valence-electron chi connectivity index (χ3n) is 5.55. The van der Waals surface area contributed by atoms with Gasteiger partial charge in [0.1, 0.15) is 0 Å². The molecular weight excluding hydrogens is 634 g/mol. The number of nitrogen functional groups attached to an aromatic ring is 1. The summed E-state index contributed by atoms with van der Waals surface area (Å²) in [7, 11) is 2.03. The average Bonchev–Trinajstić information content (AvgIpc) is 3.30. The zero-order chi connectivity index (χ0) is 24.9. The molecule has 2 N–H and O–H groups in total. The average molecular weight is 657 g/mol. The van der Waals surface area contributed by atoms with Gasteiger partial charge >= 0.3 is 226 Å². The summed E-state index contributed by atoms with van der Waals surface area (Å²) in [5, 5.41) is 0. The van der Waals surface area contributed by atoms with Gasteiger partial charge in [-0.05, 0) is 0 Å². The molecule has 7 heteroatoms.